The van der Waals surface area contributed by atoms with Gasteiger partial charge in [-0.25, -0.2) is 4.99 Å². The van der Waals surface area contributed by atoms with Crippen LogP contribution in [0.5, 0.6) is 0 Å². The van der Waals surface area contributed by atoms with Gasteiger partial charge in [0.15, 0.2) is 5.96 Å². The third-order valence-electron chi connectivity index (χ3n) is 3.33. The highest BCUT2D eigenvalue weighted by Crippen LogP contribution is 2.12. The van der Waals surface area contributed by atoms with Gasteiger partial charge in [-0.1, -0.05) is 18.2 Å². The summed E-state index contributed by atoms with van der Waals surface area (Å²) in [5.41, 5.74) is 1.86. The molecule has 0 radical (unpaired) electrons. The van der Waals surface area contributed by atoms with Gasteiger partial charge in [0.1, 0.15) is 0 Å². The van der Waals surface area contributed by atoms with E-state index < -0.39 is 4.92 Å². The molecular weight excluding hydrogens is 449 g/mol. The summed E-state index contributed by atoms with van der Waals surface area (Å²) in [6.45, 7) is 2.12. The van der Waals surface area contributed by atoms with Crippen LogP contribution < -0.4 is 10.6 Å². The van der Waals surface area contributed by atoms with Crippen molar-refractivity contribution in [3.8, 4) is 0 Å². The Morgan fingerprint density at radius 1 is 1.23 bits per heavy atom. The van der Waals surface area contributed by atoms with E-state index in [1.807, 2.05) is 18.2 Å². The Morgan fingerprint density at radius 2 is 2.00 bits per heavy atom. The maximum Gasteiger partial charge on any atom is 0.269 e. The van der Waals surface area contributed by atoms with Crippen molar-refractivity contribution in [1.82, 2.24) is 15.6 Å². The van der Waals surface area contributed by atoms with Gasteiger partial charge in [0, 0.05) is 32.0 Å². The molecule has 1 aromatic heterocycles. The minimum atomic E-state index is -0.417. The van der Waals surface area contributed by atoms with Gasteiger partial charge in [-0.05, 0) is 17.7 Å². The third-order valence-corrected chi connectivity index (χ3v) is 3.33. The highest BCUT2D eigenvalue weighted by Gasteiger charge is 2.04. The summed E-state index contributed by atoms with van der Waals surface area (Å²) in [5, 5.41) is 17.1. The fraction of sp³-hybridized carbons (Fsp3) is 0.294. The van der Waals surface area contributed by atoms with E-state index in [1.165, 1.54) is 12.1 Å². The van der Waals surface area contributed by atoms with E-state index in [2.05, 4.69) is 20.6 Å². The molecule has 2 N–H and O–H groups in total. The molecule has 0 aliphatic heterocycles. The molecule has 0 saturated carbocycles. The number of halogens is 1. The molecule has 0 saturated heterocycles. The Kier molecular flexibility index (Phi) is 10.2. The van der Waals surface area contributed by atoms with E-state index in [0.29, 0.717) is 32.2 Å². The van der Waals surface area contributed by atoms with Crippen molar-refractivity contribution in [2.75, 3.05) is 20.3 Å². The number of pyridine rings is 1. The molecule has 0 atom stereocenters. The number of nitrogens with zero attached hydrogens (tertiary/aromatic N) is 3. The van der Waals surface area contributed by atoms with E-state index in [9.17, 15) is 10.1 Å². The number of benzene rings is 1. The Morgan fingerprint density at radius 3 is 2.62 bits per heavy atom. The first kappa shape index (κ1) is 21.8. The predicted octanol–water partition coefficient (Wildman–Crippen LogP) is 2.49. The SMILES string of the molecule is COCCNC(=NCc1ccc([N+](=O)[O-])cc1)NCc1ccccn1.I. The van der Waals surface area contributed by atoms with Crippen molar-refractivity contribution in [2.45, 2.75) is 13.1 Å². The summed E-state index contributed by atoms with van der Waals surface area (Å²) in [7, 11) is 1.64. The van der Waals surface area contributed by atoms with E-state index in [0.717, 1.165) is 11.3 Å². The number of hydrogen-bond donors (Lipinski definition) is 2. The van der Waals surface area contributed by atoms with Crippen LogP contribution in [0.15, 0.2) is 53.7 Å². The molecule has 26 heavy (non-hydrogen) atoms. The summed E-state index contributed by atoms with van der Waals surface area (Å²) in [5.74, 6) is 0.626. The van der Waals surface area contributed by atoms with Crippen LogP contribution in [0, 0.1) is 10.1 Å². The molecule has 0 bridgehead atoms. The summed E-state index contributed by atoms with van der Waals surface area (Å²) >= 11 is 0. The van der Waals surface area contributed by atoms with Crippen LogP contribution in [0.3, 0.4) is 0 Å². The zero-order chi connectivity index (χ0) is 17.9. The number of aliphatic imine (C=N–C) groups is 1. The lowest BCUT2D eigenvalue weighted by molar-refractivity contribution is -0.384. The second kappa shape index (κ2) is 12.1. The van der Waals surface area contributed by atoms with Gasteiger partial charge in [-0.15, -0.1) is 24.0 Å². The number of ether oxygens (including phenoxy) is 1. The van der Waals surface area contributed by atoms with Gasteiger partial charge >= 0.3 is 0 Å². The average molecular weight is 471 g/mol. The maximum absolute atomic E-state index is 10.7. The largest absolute Gasteiger partial charge is 0.383 e. The molecule has 0 amide bonds. The minimum absolute atomic E-state index is 0. The van der Waals surface area contributed by atoms with Crippen LogP contribution in [0.25, 0.3) is 0 Å². The molecule has 8 nitrogen and oxygen atoms in total. The Balaban J connectivity index is 0.00000338. The van der Waals surface area contributed by atoms with Gasteiger partial charge in [0.2, 0.25) is 0 Å². The quantitative estimate of drug-likeness (QED) is 0.153. The highest BCUT2D eigenvalue weighted by molar-refractivity contribution is 14.0. The number of nitro benzene ring substituents is 1. The zero-order valence-electron chi connectivity index (χ0n) is 14.4. The molecule has 1 aromatic carbocycles. The molecule has 0 aliphatic carbocycles. The summed E-state index contributed by atoms with van der Waals surface area (Å²) in [6.07, 6.45) is 1.74. The Hall–Kier alpha value is -2.27. The smallest absolute Gasteiger partial charge is 0.269 e. The minimum Gasteiger partial charge on any atom is -0.383 e. The van der Waals surface area contributed by atoms with Crippen molar-refractivity contribution < 1.29 is 9.66 Å². The number of non-ortho nitro benzene ring substituents is 1. The van der Waals surface area contributed by atoms with Crippen molar-refractivity contribution in [1.29, 1.82) is 0 Å². The standard InChI is InChI=1S/C17H21N5O3.HI/c1-25-11-10-19-17(21-13-15-4-2-3-9-18-15)20-12-14-5-7-16(8-6-14)22(23)24;/h2-9H,10-13H2,1H3,(H2,19,20,21);1H. The zero-order valence-corrected chi connectivity index (χ0v) is 16.8. The first-order chi connectivity index (χ1) is 12.2. The number of nitrogens with one attached hydrogen (secondary N) is 2. The monoisotopic (exact) mass is 471 g/mol. The summed E-state index contributed by atoms with van der Waals surface area (Å²) in [6, 6.07) is 12.1. The first-order valence-electron chi connectivity index (χ1n) is 7.83. The average Bonchev–Trinajstić information content (AvgIpc) is 2.65. The molecule has 0 spiro atoms. The van der Waals surface area contributed by atoms with Gasteiger partial charge < -0.3 is 15.4 Å². The lowest BCUT2D eigenvalue weighted by atomic mass is 10.2. The highest BCUT2D eigenvalue weighted by atomic mass is 127. The predicted molar refractivity (Wildman–Crippen MR) is 111 cm³/mol. The van der Waals surface area contributed by atoms with E-state index in [-0.39, 0.29) is 29.7 Å². The molecule has 1 heterocycles. The van der Waals surface area contributed by atoms with Crippen LogP contribution in [-0.2, 0) is 17.8 Å². The first-order valence-corrected chi connectivity index (χ1v) is 7.83. The maximum atomic E-state index is 10.7. The molecule has 0 fully saturated rings. The normalized spacial score (nSPS) is 10.7. The molecule has 9 heteroatoms. The molecule has 0 aliphatic rings. The van der Waals surface area contributed by atoms with E-state index in [4.69, 9.17) is 4.74 Å². The van der Waals surface area contributed by atoms with Crippen molar-refractivity contribution in [3.05, 3.63) is 70.0 Å². The summed E-state index contributed by atoms with van der Waals surface area (Å²) < 4.78 is 5.03. The third kappa shape index (κ3) is 7.74. The number of methoxy groups -OCH3 is 1. The number of nitro groups is 1. The van der Waals surface area contributed by atoms with Gasteiger partial charge in [0.05, 0.1) is 30.3 Å². The molecule has 2 rings (SSSR count). The van der Waals surface area contributed by atoms with Crippen molar-refractivity contribution in [2.24, 2.45) is 4.99 Å². The second-order valence-electron chi connectivity index (χ2n) is 5.18. The van der Waals surface area contributed by atoms with E-state index >= 15 is 0 Å². The molecule has 2 aromatic rings. The van der Waals surface area contributed by atoms with Gasteiger partial charge in [-0.3, -0.25) is 15.1 Å². The lowest BCUT2D eigenvalue weighted by Crippen LogP contribution is -2.38. The Labute approximate surface area is 169 Å². The number of rotatable bonds is 8. The number of aromatic nitrogens is 1. The number of hydrogen-bond acceptors (Lipinski definition) is 5. The topological polar surface area (TPSA) is 102 Å². The Bertz CT molecular complexity index is 695. The molecule has 0 unspecified atom stereocenters. The van der Waals surface area contributed by atoms with Crippen LogP contribution in [0.1, 0.15) is 11.3 Å². The van der Waals surface area contributed by atoms with Crippen LogP contribution in [0.4, 0.5) is 5.69 Å². The summed E-state index contributed by atoms with van der Waals surface area (Å²) in [4.78, 5) is 19.0. The fourth-order valence-corrected chi connectivity index (χ4v) is 2.02. The lowest BCUT2D eigenvalue weighted by Gasteiger charge is -2.12. The van der Waals surface area contributed by atoms with Gasteiger partial charge in [0.25, 0.3) is 5.69 Å². The van der Waals surface area contributed by atoms with Gasteiger partial charge in [-0.2, -0.15) is 0 Å². The second-order valence-corrected chi connectivity index (χ2v) is 5.18. The fourth-order valence-electron chi connectivity index (χ4n) is 2.02. The number of guanidine groups is 1. The molecule has 140 valence electrons. The van der Waals surface area contributed by atoms with E-state index in [1.54, 1.807) is 25.4 Å². The van der Waals surface area contributed by atoms with Crippen molar-refractivity contribution >= 4 is 35.6 Å². The molecular formula is C17H22IN5O3. The van der Waals surface area contributed by atoms with Crippen molar-refractivity contribution in [3.63, 3.8) is 0 Å². The van der Waals surface area contributed by atoms with Crippen LogP contribution in [0.2, 0.25) is 0 Å². The van der Waals surface area contributed by atoms with Crippen LogP contribution in [-0.4, -0.2) is 36.1 Å². The van der Waals surface area contributed by atoms with Crippen LogP contribution >= 0.6 is 24.0 Å².